The van der Waals surface area contributed by atoms with Crippen LogP contribution in [0.4, 0.5) is 5.69 Å². The monoisotopic (exact) mass is 231 g/mol. The van der Waals surface area contributed by atoms with Gasteiger partial charge in [-0.05, 0) is 37.1 Å². The van der Waals surface area contributed by atoms with Crippen LogP contribution in [0.1, 0.15) is 37.8 Å². The van der Waals surface area contributed by atoms with Gasteiger partial charge in [-0.15, -0.1) is 0 Å². The largest absolute Gasteiger partial charge is 0.497 e. The summed E-state index contributed by atoms with van der Waals surface area (Å²) in [5, 5.41) is 0. The van der Waals surface area contributed by atoms with Crippen molar-refractivity contribution in [3.63, 3.8) is 0 Å². The predicted molar refractivity (Wildman–Crippen MR) is 75.5 cm³/mol. The maximum atomic E-state index is 6.03. The van der Waals surface area contributed by atoms with E-state index in [1.165, 1.54) is 5.57 Å². The number of nitrogens with two attached hydrogens (primary N) is 1. The molecule has 1 aromatic carbocycles. The van der Waals surface area contributed by atoms with E-state index < -0.39 is 0 Å². The van der Waals surface area contributed by atoms with E-state index >= 15 is 0 Å². The van der Waals surface area contributed by atoms with Crippen LogP contribution in [0.5, 0.6) is 0 Å². The number of anilines is 1. The lowest BCUT2D eigenvalue weighted by atomic mass is 9.97. The van der Waals surface area contributed by atoms with Crippen molar-refractivity contribution in [3.05, 3.63) is 42.0 Å². The Hall–Kier alpha value is -1.70. The van der Waals surface area contributed by atoms with Crippen LogP contribution in [-0.2, 0) is 4.74 Å². The summed E-state index contributed by atoms with van der Waals surface area (Å²) in [4.78, 5) is 0. The molecule has 1 rings (SSSR count). The molecule has 0 aliphatic rings. The van der Waals surface area contributed by atoms with Crippen LogP contribution >= 0.6 is 0 Å². The van der Waals surface area contributed by atoms with E-state index in [-0.39, 0.29) is 0 Å². The minimum absolute atomic E-state index is 0.665. The molecule has 0 saturated heterocycles. The second-order valence-electron chi connectivity index (χ2n) is 3.99. The summed E-state index contributed by atoms with van der Waals surface area (Å²) in [7, 11) is 1.63. The average molecular weight is 231 g/mol. The Kier molecular flexibility index (Phi) is 4.83. The van der Waals surface area contributed by atoms with Crippen molar-refractivity contribution in [2.75, 3.05) is 12.8 Å². The van der Waals surface area contributed by atoms with E-state index in [0.29, 0.717) is 5.76 Å². The van der Waals surface area contributed by atoms with Crippen LogP contribution in [0, 0.1) is 0 Å². The van der Waals surface area contributed by atoms with Gasteiger partial charge in [0.2, 0.25) is 0 Å². The second kappa shape index (κ2) is 6.14. The zero-order chi connectivity index (χ0) is 12.8. The quantitative estimate of drug-likeness (QED) is 0.612. The summed E-state index contributed by atoms with van der Waals surface area (Å²) in [5.41, 5.74) is 10.2. The molecule has 0 bridgehead atoms. The molecule has 0 amide bonds. The van der Waals surface area contributed by atoms with Gasteiger partial charge in [-0.25, -0.2) is 0 Å². The van der Waals surface area contributed by atoms with Crippen LogP contribution < -0.4 is 5.73 Å². The molecule has 0 radical (unpaired) electrons. The van der Waals surface area contributed by atoms with E-state index in [0.717, 1.165) is 29.7 Å². The number of hydrogen-bond acceptors (Lipinski definition) is 2. The highest BCUT2D eigenvalue weighted by molar-refractivity contribution is 5.78. The SMILES string of the molecule is C=C(OC)c1ccc(N)c(/C(=C\C)CCC)c1. The van der Waals surface area contributed by atoms with Gasteiger partial charge in [-0.3, -0.25) is 0 Å². The van der Waals surface area contributed by atoms with Gasteiger partial charge < -0.3 is 10.5 Å². The lowest BCUT2D eigenvalue weighted by Gasteiger charge is -2.12. The first-order valence-corrected chi connectivity index (χ1v) is 5.92. The van der Waals surface area contributed by atoms with Gasteiger partial charge in [0, 0.05) is 16.8 Å². The van der Waals surface area contributed by atoms with Crippen molar-refractivity contribution in [3.8, 4) is 0 Å². The highest BCUT2D eigenvalue weighted by Crippen LogP contribution is 2.28. The summed E-state index contributed by atoms with van der Waals surface area (Å²) >= 11 is 0. The fraction of sp³-hybridized carbons (Fsp3) is 0.333. The Balaban J connectivity index is 3.18. The van der Waals surface area contributed by atoms with Crippen LogP contribution in [0.15, 0.2) is 30.9 Å². The molecular weight excluding hydrogens is 210 g/mol. The van der Waals surface area contributed by atoms with Gasteiger partial charge in [-0.1, -0.05) is 26.0 Å². The molecule has 0 unspecified atom stereocenters. The van der Waals surface area contributed by atoms with Crippen LogP contribution in [0.2, 0.25) is 0 Å². The highest BCUT2D eigenvalue weighted by atomic mass is 16.5. The Labute approximate surface area is 104 Å². The lowest BCUT2D eigenvalue weighted by Crippen LogP contribution is -1.96. The third-order valence-corrected chi connectivity index (χ3v) is 2.84. The molecule has 0 aromatic heterocycles. The van der Waals surface area contributed by atoms with Gasteiger partial charge in [0.1, 0.15) is 5.76 Å². The number of ether oxygens (including phenoxy) is 1. The smallest absolute Gasteiger partial charge is 0.118 e. The minimum Gasteiger partial charge on any atom is -0.497 e. The number of allylic oxidation sites excluding steroid dienone is 2. The molecule has 0 spiro atoms. The average Bonchev–Trinajstić information content (AvgIpc) is 2.36. The van der Waals surface area contributed by atoms with Crippen LogP contribution in [-0.4, -0.2) is 7.11 Å². The maximum absolute atomic E-state index is 6.03. The van der Waals surface area contributed by atoms with E-state index in [1.807, 2.05) is 25.1 Å². The van der Waals surface area contributed by atoms with Gasteiger partial charge in [0.25, 0.3) is 0 Å². The number of nitrogen functional groups attached to an aromatic ring is 1. The summed E-state index contributed by atoms with van der Waals surface area (Å²) in [6.07, 6.45) is 4.26. The van der Waals surface area contributed by atoms with Crippen LogP contribution in [0.3, 0.4) is 0 Å². The molecule has 0 saturated carbocycles. The number of rotatable bonds is 5. The molecule has 0 aliphatic heterocycles. The lowest BCUT2D eigenvalue weighted by molar-refractivity contribution is 0.371. The molecule has 2 heteroatoms. The highest BCUT2D eigenvalue weighted by Gasteiger charge is 2.07. The molecule has 2 N–H and O–H groups in total. The number of hydrogen-bond donors (Lipinski definition) is 1. The summed E-state index contributed by atoms with van der Waals surface area (Å²) in [6, 6.07) is 5.89. The Morgan fingerprint density at radius 3 is 2.71 bits per heavy atom. The first kappa shape index (κ1) is 13.4. The van der Waals surface area contributed by atoms with Gasteiger partial charge in [-0.2, -0.15) is 0 Å². The topological polar surface area (TPSA) is 35.2 Å². The van der Waals surface area contributed by atoms with Crippen molar-refractivity contribution < 1.29 is 4.74 Å². The summed E-state index contributed by atoms with van der Waals surface area (Å²) < 4.78 is 5.15. The summed E-state index contributed by atoms with van der Waals surface area (Å²) in [5.74, 6) is 0.665. The molecule has 0 heterocycles. The third-order valence-electron chi connectivity index (χ3n) is 2.84. The zero-order valence-corrected chi connectivity index (χ0v) is 10.9. The van der Waals surface area contributed by atoms with Crippen molar-refractivity contribution in [1.82, 2.24) is 0 Å². The number of benzene rings is 1. The zero-order valence-electron chi connectivity index (χ0n) is 10.9. The van der Waals surface area contributed by atoms with Crippen LogP contribution in [0.25, 0.3) is 11.3 Å². The fourth-order valence-corrected chi connectivity index (χ4v) is 1.83. The van der Waals surface area contributed by atoms with Gasteiger partial charge in [0.15, 0.2) is 0 Å². The van der Waals surface area contributed by atoms with Crippen molar-refractivity contribution in [2.45, 2.75) is 26.7 Å². The molecule has 0 atom stereocenters. The molecule has 1 aromatic rings. The van der Waals surface area contributed by atoms with E-state index in [9.17, 15) is 0 Å². The predicted octanol–water partition coefficient (Wildman–Crippen LogP) is 4.09. The maximum Gasteiger partial charge on any atom is 0.118 e. The minimum atomic E-state index is 0.665. The molecule has 17 heavy (non-hydrogen) atoms. The number of methoxy groups -OCH3 is 1. The third kappa shape index (κ3) is 3.13. The molecule has 2 nitrogen and oxygen atoms in total. The fourth-order valence-electron chi connectivity index (χ4n) is 1.83. The van der Waals surface area contributed by atoms with E-state index in [1.54, 1.807) is 7.11 Å². The normalized spacial score (nSPS) is 11.4. The van der Waals surface area contributed by atoms with Gasteiger partial charge >= 0.3 is 0 Å². The van der Waals surface area contributed by atoms with E-state index in [4.69, 9.17) is 10.5 Å². The Morgan fingerprint density at radius 2 is 2.18 bits per heavy atom. The van der Waals surface area contributed by atoms with Crippen molar-refractivity contribution in [1.29, 1.82) is 0 Å². The molecular formula is C15H21NO. The molecule has 92 valence electrons. The Bertz CT molecular complexity index is 433. The standard InChI is InChI=1S/C15H21NO/c1-5-7-12(6-2)14-10-13(11(3)17-4)8-9-15(14)16/h6,8-10H,3,5,7,16H2,1-2,4H3/b12-6-. The Morgan fingerprint density at radius 1 is 1.47 bits per heavy atom. The molecule has 0 fully saturated rings. The second-order valence-corrected chi connectivity index (χ2v) is 3.99. The first-order valence-electron chi connectivity index (χ1n) is 5.92. The van der Waals surface area contributed by atoms with Crippen molar-refractivity contribution >= 4 is 17.0 Å². The van der Waals surface area contributed by atoms with Crippen molar-refractivity contribution in [2.24, 2.45) is 0 Å². The van der Waals surface area contributed by atoms with E-state index in [2.05, 4.69) is 19.6 Å². The summed E-state index contributed by atoms with van der Waals surface area (Å²) in [6.45, 7) is 8.07. The molecule has 0 aliphatic carbocycles. The first-order chi connectivity index (χ1) is 8.13. The van der Waals surface area contributed by atoms with Gasteiger partial charge in [0.05, 0.1) is 7.11 Å².